The van der Waals surface area contributed by atoms with Crippen molar-refractivity contribution in [3.63, 3.8) is 0 Å². The van der Waals surface area contributed by atoms with Gasteiger partial charge in [0.15, 0.2) is 5.78 Å². The van der Waals surface area contributed by atoms with Gasteiger partial charge in [0, 0.05) is 12.2 Å². The Hall–Kier alpha value is -1.15. The van der Waals surface area contributed by atoms with Crippen LogP contribution in [0.1, 0.15) is 35.2 Å². The fourth-order valence-electron chi connectivity index (χ4n) is 1.97. The monoisotopic (exact) mass is 190 g/mol. The average Bonchev–Trinajstić information content (AvgIpc) is 2.96. The summed E-state index contributed by atoms with van der Waals surface area (Å²) in [6, 6.07) is 7.70. The molecule has 0 heterocycles. The average molecular weight is 190 g/mol. The van der Waals surface area contributed by atoms with E-state index in [0.29, 0.717) is 11.8 Å². The molecule has 1 aliphatic carbocycles. The van der Waals surface area contributed by atoms with Gasteiger partial charge < -0.3 is 5.11 Å². The van der Waals surface area contributed by atoms with Crippen LogP contribution in [0, 0.1) is 5.92 Å². The fraction of sp³-hybridized carbons (Fsp3) is 0.417. The van der Waals surface area contributed by atoms with Gasteiger partial charge in [-0.2, -0.15) is 0 Å². The molecule has 2 rings (SSSR count). The van der Waals surface area contributed by atoms with Crippen LogP contribution >= 0.6 is 0 Å². The van der Waals surface area contributed by atoms with E-state index in [1.165, 1.54) is 0 Å². The molecular formula is C12H14O2. The molecule has 14 heavy (non-hydrogen) atoms. The molecule has 0 saturated heterocycles. The van der Waals surface area contributed by atoms with Gasteiger partial charge >= 0.3 is 0 Å². The zero-order chi connectivity index (χ0) is 10.1. The van der Waals surface area contributed by atoms with Gasteiger partial charge in [-0.05, 0) is 30.7 Å². The van der Waals surface area contributed by atoms with Gasteiger partial charge in [0.2, 0.25) is 0 Å². The molecule has 0 amide bonds. The summed E-state index contributed by atoms with van der Waals surface area (Å²) >= 11 is 0. The first-order valence-corrected chi connectivity index (χ1v) is 4.94. The summed E-state index contributed by atoms with van der Waals surface area (Å²) in [5.74, 6) is 0.889. The Kier molecular flexibility index (Phi) is 2.38. The molecule has 0 spiro atoms. The molecule has 74 valence electrons. The third-order valence-corrected chi connectivity index (χ3v) is 2.90. The highest BCUT2D eigenvalue weighted by Gasteiger charge is 2.38. The molecule has 2 nitrogen and oxygen atoms in total. The Balaban J connectivity index is 2.29. The van der Waals surface area contributed by atoms with Gasteiger partial charge in [0.25, 0.3) is 0 Å². The molecular weight excluding hydrogens is 176 g/mol. The molecule has 2 heteroatoms. The Labute approximate surface area is 83.6 Å². The third kappa shape index (κ3) is 1.58. The van der Waals surface area contributed by atoms with E-state index >= 15 is 0 Å². The Morgan fingerprint density at radius 1 is 1.50 bits per heavy atom. The molecule has 1 fully saturated rings. The summed E-state index contributed by atoms with van der Waals surface area (Å²) in [5, 5.41) is 8.98. The lowest BCUT2D eigenvalue weighted by Gasteiger charge is -2.04. The lowest BCUT2D eigenvalue weighted by Crippen LogP contribution is -1.99. The lowest BCUT2D eigenvalue weighted by molar-refractivity contribution is 0.101. The van der Waals surface area contributed by atoms with Crippen molar-refractivity contribution in [3.05, 3.63) is 35.4 Å². The molecule has 2 unspecified atom stereocenters. The van der Waals surface area contributed by atoms with Crippen LogP contribution in [0.5, 0.6) is 0 Å². The number of Topliss-reactive ketones (excluding diaryl/α,β-unsaturated/α-hetero) is 1. The number of ketones is 1. The van der Waals surface area contributed by atoms with Gasteiger partial charge in [0.1, 0.15) is 0 Å². The predicted molar refractivity (Wildman–Crippen MR) is 54.4 cm³/mol. The molecule has 1 N–H and O–H groups in total. The first-order valence-electron chi connectivity index (χ1n) is 4.94. The SMILES string of the molecule is CC(=O)c1ccccc1C1CC1CO. The molecule has 1 aromatic carbocycles. The number of aliphatic hydroxyl groups is 1. The second-order valence-corrected chi connectivity index (χ2v) is 3.93. The number of carbonyl (C=O) groups is 1. The number of benzene rings is 1. The number of carbonyl (C=O) groups excluding carboxylic acids is 1. The molecule has 1 aromatic rings. The van der Waals surface area contributed by atoms with Crippen LogP contribution in [0.2, 0.25) is 0 Å². The molecule has 2 atom stereocenters. The Morgan fingerprint density at radius 2 is 2.21 bits per heavy atom. The van der Waals surface area contributed by atoms with E-state index in [-0.39, 0.29) is 12.4 Å². The largest absolute Gasteiger partial charge is 0.396 e. The van der Waals surface area contributed by atoms with Crippen LogP contribution < -0.4 is 0 Å². The van der Waals surface area contributed by atoms with E-state index in [1.54, 1.807) is 6.92 Å². The normalized spacial score (nSPS) is 24.7. The van der Waals surface area contributed by atoms with Crippen molar-refractivity contribution < 1.29 is 9.90 Å². The van der Waals surface area contributed by atoms with Crippen molar-refractivity contribution in [3.8, 4) is 0 Å². The second-order valence-electron chi connectivity index (χ2n) is 3.93. The summed E-state index contributed by atoms with van der Waals surface area (Å²) < 4.78 is 0. The van der Waals surface area contributed by atoms with Crippen LogP contribution in [0.25, 0.3) is 0 Å². The Bertz CT molecular complexity index is 357. The minimum Gasteiger partial charge on any atom is -0.396 e. The van der Waals surface area contributed by atoms with Crippen LogP contribution in [-0.2, 0) is 0 Å². The minimum atomic E-state index is 0.115. The molecule has 0 radical (unpaired) electrons. The van der Waals surface area contributed by atoms with Gasteiger partial charge in [-0.1, -0.05) is 24.3 Å². The van der Waals surface area contributed by atoms with Crippen molar-refractivity contribution in [2.45, 2.75) is 19.3 Å². The van der Waals surface area contributed by atoms with Crippen LogP contribution in [0.15, 0.2) is 24.3 Å². The van der Waals surface area contributed by atoms with E-state index in [4.69, 9.17) is 5.11 Å². The predicted octanol–water partition coefficient (Wildman–Crippen LogP) is 1.98. The second kappa shape index (κ2) is 3.54. The van der Waals surface area contributed by atoms with Gasteiger partial charge in [-0.25, -0.2) is 0 Å². The maximum atomic E-state index is 11.3. The summed E-state index contributed by atoms with van der Waals surface area (Å²) in [7, 11) is 0. The summed E-state index contributed by atoms with van der Waals surface area (Å²) in [4.78, 5) is 11.3. The number of hydrogen-bond donors (Lipinski definition) is 1. The van der Waals surface area contributed by atoms with E-state index in [1.807, 2.05) is 24.3 Å². The zero-order valence-electron chi connectivity index (χ0n) is 8.23. The van der Waals surface area contributed by atoms with Crippen LogP contribution in [0.4, 0.5) is 0 Å². The van der Waals surface area contributed by atoms with E-state index in [0.717, 1.165) is 17.5 Å². The van der Waals surface area contributed by atoms with Crippen molar-refractivity contribution in [1.82, 2.24) is 0 Å². The summed E-state index contributed by atoms with van der Waals surface area (Å²) in [5.41, 5.74) is 1.92. The van der Waals surface area contributed by atoms with Gasteiger partial charge in [-0.15, -0.1) is 0 Å². The number of rotatable bonds is 3. The summed E-state index contributed by atoms with van der Waals surface area (Å²) in [6.07, 6.45) is 1.01. The maximum absolute atomic E-state index is 11.3. The fourth-order valence-corrected chi connectivity index (χ4v) is 1.97. The first-order chi connectivity index (χ1) is 6.74. The molecule has 1 saturated carbocycles. The zero-order valence-corrected chi connectivity index (χ0v) is 8.23. The standard InChI is InChI=1S/C12H14O2/c1-8(14)10-4-2-3-5-11(10)12-6-9(12)7-13/h2-5,9,12-13H,6-7H2,1H3. The Morgan fingerprint density at radius 3 is 2.79 bits per heavy atom. The highest BCUT2D eigenvalue weighted by molar-refractivity contribution is 5.95. The number of aliphatic hydroxyl groups excluding tert-OH is 1. The first kappa shape index (κ1) is 9.41. The van der Waals surface area contributed by atoms with Crippen molar-refractivity contribution >= 4 is 5.78 Å². The number of hydrogen-bond acceptors (Lipinski definition) is 2. The maximum Gasteiger partial charge on any atom is 0.160 e. The molecule has 1 aliphatic rings. The van der Waals surface area contributed by atoms with Gasteiger partial charge in [0.05, 0.1) is 0 Å². The molecule has 0 aromatic heterocycles. The van der Waals surface area contributed by atoms with Crippen molar-refractivity contribution in [2.75, 3.05) is 6.61 Å². The van der Waals surface area contributed by atoms with E-state index < -0.39 is 0 Å². The molecule has 0 bridgehead atoms. The van der Waals surface area contributed by atoms with E-state index in [2.05, 4.69) is 0 Å². The van der Waals surface area contributed by atoms with Crippen molar-refractivity contribution in [1.29, 1.82) is 0 Å². The van der Waals surface area contributed by atoms with Crippen molar-refractivity contribution in [2.24, 2.45) is 5.92 Å². The van der Waals surface area contributed by atoms with Crippen LogP contribution in [0.3, 0.4) is 0 Å². The van der Waals surface area contributed by atoms with Crippen LogP contribution in [-0.4, -0.2) is 17.5 Å². The summed E-state index contributed by atoms with van der Waals surface area (Å²) in [6.45, 7) is 1.83. The van der Waals surface area contributed by atoms with E-state index in [9.17, 15) is 4.79 Å². The third-order valence-electron chi connectivity index (χ3n) is 2.90. The highest BCUT2D eigenvalue weighted by atomic mass is 16.3. The molecule has 0 aliphatic heterocycles. The smallest absolute Gasteiger partial charge is 0.160 e. The minimum absolute atomic E-state index is 0.115. The highest BCUT2D eigenvalue weighted by Crippen LogP contribution is 2.48. The quantitative estimate of drug-likeness (QED) is 0.740. The lowest BCUT2D eigenvalue weighted by atomic mass is 9.99. The van der Waals surface area contributed by atoms with Gasteiger partial charge in [-0.3, -0.25) is 4.79 Å². The topological polar surface area (TPSA) is 37.3 Å².